The number of carbonyl (C=O) groups is 1. The van der Waals surface area contributed by atoms with E-state index < -0.39 is 0 Å². The second-order valence-corrected chi connectivity index (χ2v) is 6.13. The first-order chi connectivity index (χ1) is 10.0. The monoisotopic (exact) mass is 309 g/mol. The third kappa shape index (κ3) is 3.82. The number of nitrogen functional groups attached to an aromatic ring is 1. The van der Waals surface area contributed by atoms with Crippen LogP contribution in [0.4, 0.5) is 17.1 Å². The highest BCUT2D eigenvalue weighted by atomic mass is 35.5. The zero-order valence-corrected chi connectivity index (χ0v) is 13.5. The number of carbonyl (C=O) groups excluding carboxylic acids is 1. The Hall–Kier alpha value is -1.42. The van der Waals surface area contributed by atoms with E-state index in [9.17, 15) is 4.79 Å². The molecular formula is C16H24ClN3O. The van der Waals surface area contributed by atoms with E-state index in [0.29, 0.717) is 28.9 Å². The molecule has 0 saturated carbocycles. The summed E-state index contributed by atoms with van der Waals surface area (Å²) in [5.74, 6) is -0.0122. The standard InChI is InChI=1S/C16H24ClN3O/c1-3-6-16(21)19-14-10-15(13(18)9-12(14)17)20-8-5-4-7-11(20)2/h9-11H,3-8,18H2,1-2H3,(H,19,21)/t11-/m1/s1. The highest BCUT2D eigenvalue weighted by Crippen LogP contribution is 2.36. The lowest BCUT2D eigenvalue weighted by atomic mass is 10.0. The summed E-state index contributed by atoms with van der Waals surface area (Å²) in [4.78, 5) is 14.1. The van der Waals surface area contributed by atoms with Crippen LogP contribution >= 0.6 is 11.6 Å². The molecule has 0 bridgehead atoms. The second kappa shape index (κ2) is 7.03. The fourth-order valence-corrected chi connectivity index (χ4v) is 3.04. The van der Waals surface area contributed by atoms with E-state index in [0.717, 1.165) is 18.7 Å². The molecule has 0 aromatic heterocycles. The van der Waals surface area contributed by atoms with Gasteiger partial charge in [-0.3, -0.25) is 4.79 Å². The van der Waals surface area contributed by atoms with E-state index in [2.05, 4.69) is 17.1 Å². The number of nitrogens with two attached hydrogens (primary N) is 1. The Morgan fingerprint density at radius 3 is 2.90 bits per heavy atom. The van der Waals surface area contributed by atoms with Gasteiger partial charge in [-0.25, -0.2) is 0 Å². The number of nitrogens with zero attached hydrogens (tertiary/aromatic N) is 1. The number of nitrogens with one attached hydrogen (secondary N) is 1. The Bertz CT molecular complexity index is 518. The van der Waals surface area contributed by atoms with Crippen LogP contribution in [0, 0.1) is 0 Å². The molecule has 0 spiro atoms. The van der Waals surface area contributed by atoms with Gasteiger partial charge in [0.05, 0.1) is 22.1 Å². The van der Waals surface area contributed by atoms with E-state index in [1.54, 1.807) is 6.07 Å². The lowest BCUT2D eigenvalue weighted by Gasteiger charge is -2.36. The Balaban J connectivity index is 2.27. The van der Waals surface area contributed by atoms with Crippen molar-refractivity contribution in [2.75, 3.05) is 22.5 Å². The van der Waals surface area contributed by atoms with Crippen molar-refractivity contribution in [2.24, 2.45) is 0 Å². The summed E-state index contributed by atoms with van der Waals surface area (Å²) in [7, 11) is 0. The molecule has 1 amide bonds. The van der Waals surface area contributed by atoms with Gasteiger partial charge in [0.2, 0.25) is 5.91 Å². The number of piperidine rings is 1. The first kappa shape index (κ1) is 16.0. The molecule has 1 saturated heterocycles. The van der Waals surface area contributed by atoms with Gasteiger partial charge in [0, 0.05) is 19.0 Å². The molecule has 1 atom stereocenters. The third-order valence-corrected chi connectivity index (χ3v) is 4.29. The van der Waals surface area contributed by atoms with Gasteiger partial charge in [0.15, 0.2) is 0 Å². The lowest BCUT2D eigenvalue weighted by molar-refractivity contribution is -0.116. The minimum Gasteiger partial charge on any atom is -0.397 e. The number of rotatable bonds is 4. The fraction of sp³-hybridized carbons (Fsp3) is 0.562. The number of halogens is 1. The van der Waals surface area contributed by atoms with Crippen molar-refractivity contribution in [3.8, 4) is 0 Å². The summed E-state index contributed by atoms with van der Waals surface area (Å²) >= 11 is 6.21. The van der Waals surface area contributed by atoms with Gasteiger partial charge in [-0.2, -0.15) is 0 Å². The van der Waals surface area contributed by atoms with Crippen molar-refractivity contribution in [1.82, 2.24) is 0 Å². The van der Waals surface area contributed by atoms with Crippen LogP contribution in [0.25, 0.3) is 0 Å². The Morgan fingerprint density at radius 2 is 2.24 bits per heavy atom. The third-order valence-electron chi connectivity index (χ3n) is 3.98. The Labute approximate surface area is 131 Å². The van der Waals surface area contributed by atoms with Crippen LogP contribution in [0.2, 0.25) is 5.02 Å². The molecule has 0 aliphatic carbocycles. The van der Waals surface area contributed by atoms with Crippen molar-refractivity contribution in [2.45, 2.75) is 52.0 Å². The van der Waals surface area contributed by atoms with Gasteiger partial charge in [-0.1, -0.05) is 18.5 Å². The van der Waals surface area contributed by atoms with Crippen LogP contribution in [0.5, 0.6) is 0 Å². The van der Waals surface area contributed by atoms with Crippen LogP contribution in [0.1, 0.15) is 46.0 Å². The van der Waals surface area contributed by atoms with Crippen LogP contribution in [0.15, 0.2) is 12.1 Å². The van der Waals surface area contributed by atoms with E-state index in [4.69, 9.17) is 17.3 Å². The maximum absolute atomic E-state index is 11.8. The van der Waals surface area contributed by atoms with Crippen LogP contribution in [-0.2, 0) is 4.79 Å². The molecule has 1 aromatic rings. The average molecular weight is 310 g/mol. The van der Waals surface area contributed by atoms with Gasteiger partial charge in [-0.15, -0.1) is 0 Å². The number of anilines is 3. The molecule has 0 radical (unpaired) electrons. The van der Waals surface area contributed by atoms with Gasteiger partial charge in [0.25, 0.3) is 0 Å². The van der Waals surface area contributed by atoms with Crippen molar-refractivity contribution in [3.05, 3.63) is 17.2 Å². The van der Waals surface area contributed by atoms with Gasteiger partial charge in [0.1, 0.15) is 0 Å². The van der Waals surface area contributed by atoms with E-state index in [-0.39, 0.29) is 5.91 Å². The quantitative estimate of drug-likeness (QED) is 0.825. The maximum atomic E-state index is 11.8. The molecular weight excluding hydrogens is 286 g/mol. The van der Waals surface area contributed by atoms with E-state index in [1.165, 1.54) is 19.3 Å². The highest BCUT2D eigenvalue weighted by molar-refractivity contribution is 6.34. The molecule has 0 unspecified atom stereocenters. The molecule has 21 heavy (non-hydrogen) atoms. The highest BCUT2D eigenvalue weighted by Gasteiger charge is 2.21. The van der Waals surface area contributed by atoms with Crippen LogP contribution < -0.4 is 16.0 Å². The summed E-state index contributed by atoms with van der Waals surface area (Å²) in [6.45, 7) is 5.18. The fourth-order valence-electron chi connectivity index (χ4n) is 2.82. The number of hydrogen-bond acceptors (Lipinski definition) is 3. The van der Waals surface area contributed by atoms with Crippen molar-refractivity contribution in [1.29, 1.82) is 0 Å². The SMILES string of the molecule is CCCC(=O)Nc1cc(N2CCCC[C@H]2C)c(N)cc1Cl. The molecule has 2 rings (SSSR count). The molecule has 3 N–H and O–H groups in total. The summed E-state index contributed by atoms with van der Waals surface area (Å²) in [5, 5.41) is 3.37. The van der Waals surface area contributed by atoms with Gasteiger partial charge < -0.3 is 16.0 Å². The summed E-state index contributed by atoms with van der Waals surface area (Å²) in [5.41, 5.74) is 8.42. The summed E-state index contributed by atoms with van der Waals surface area (Å²) in [6.07, 6.45) is 4.90. The molecule has 4 nitrogen and oxygen atoms in total. The minimum absolute atomic E-state index is 0.0122. The van der Waals surface area contributed by atoms with Crippen LogP contribution in [0.3, 0.4) is 0 Å². The molecule has 1 aromatic carbocycles. The average Bonchev–Trinajstić information content (AvgIpc) is 2.43. The van der Waals surface area contributed by atoms with E-state index >= 15 is 0 Å². The number of amides is 1. The smallest absolute Gasteiger partial charge is 0.224 e. The van der Waals surface area contributed by atoms with Crippen LogP contribution in [-0.4, -0.2) is 18.5 Å². The molecule has 1 fully saturated rings. The van der Waals surface area contributed by atoms with E-state index in [1.807, 2.05) is 13.0 Å². The van der Waals surface area contributed by atoms with Crippen molar-refractivity contribution >= 4 is 34.6 Å². The number of benzene rings is 1. The zero-order valence-electron chi connectivity index (χ0n) is 12.8. The predicted octanol–water partition coefficient (Wildman–Crippen LogP) is 4.04. The number of hydrogen-bond donors (Lipinski definition) is 2. The summed E-state index contributed by atoms with van der Waals surface area (Å²) in [6, 6.07) is 4.11. The largest absolute Gasteiger partial charge is 0.397 e. The molecule has 1 heterocycles. The Morgan fingerprint density at radius 1 is 1.48 bits per heavy atom. The summed E-state index contributed by atoms with van der Waals surface area (Å²) < 4.78 is 0. The second-order valence-electron chi connectivity index (χ2n) is 5.73. The topological polar surface area (TPSA) is 58.4 Å². The minimum atomic E-state index is -0.0122. The first-order valence-corrected chi connectivity index (χ1v) is 8.06. The normalized spacial score (nSPS) is 18.6. The van der Waals surface area contributed by atoms with Crippen molar-refractivity contribution < 1.29 is 4.79 Å². The molecule has 5 heteroatoms. The molecule has 1 aliphatic rings. The molecule has 1 aliphatic heterocycles. The predicted molar refractivity (Wildman–Crippen MR) is 90.1 cm³/mol. The zero-order chi connectivity index (χ0) is 15.4. The molecule has 116 valence electrons. The lowest BCUT2D eigenvalue weighted by Crippen LogP contribution is -2.37. The van der Waals surface area contributed by atoms with Crippen molar-refractivity contribution in [3.63, 3.8) is 0 Å². The van der Waals surface area contributed by atoms with Gasteiger partial charge >= 0.3 is 0 Å². The maximum Gasteiger partial charge on any atom is 0.224 e. The van der Waals surface area contributed by atoms with Gasteiger partial charge in [-0.05, 0) is 44.7 Å². The first-order valence-electron chi connectivity index (χ1n) is 7.68. The Kier molecular flexibility index (Phi) is 5.34.